The molecule has 0 aliphatic carbocycles. The summed E-state index contributed by atoms with van der Waals surface area (Å²) in [7, 11) is 0. The Kier molecular flexibility index (Phi) is 6.37. The van der Waals surface area contributed by atoms with Crippen LogP contribution >= 0.6 is 0 Å². The van der Waals surface area contributed by atoms with Gasteiger partial charge in [0, 0.05) is 40.8 Å². The Labute approximate surface area is 134 Å². The molecule has 2 rings (SSSR count). The molecule has 0 aromatic heterocycles. The molecule has 0 aliphatic rings. The van der Waals surface area contributed by atoms with E-state index in [0.717, 1.165) is 5.56 Å². The topological polar surface area (TPSA) is 26.3 Å². The number of carbonyl (C=O) groups is 1. The second-order valence-corrected chi connectivity index (χ2v) is 3.43. The molecule has 0 radical (unpaired) electrons. The van der Waals surface area contributed by atoms with Gasteiger partial charge >= 0.3 is 5.97 Å². The molecule has 84 valence electrons. The van der Waals surface area contributed by atoms with Crippen molar-refractivity contribution in [1.29, 1.82) is 0 Å². The van der Waals surface area contributed by atoms with Crippen molar-refractivity contribution in [3.63, 3.8) is 0 Å². The standard InChI is InChI=1S/C14H12O2.Nd/c15-14(13-9-5-2-6-10-13)16-11-12-7-3-1-4-8-12;/h1-10H,11H2;. The molecule has 0 bridgehead atoms. The quantitative estimate of drug-likeness (QED) is 0.790. The number of ether oxygens (including phenoxy) is 1. The zero-order valence-corrected chi connectivity index (χ0v) is 12.5. The smallest absolute Gasteiger partial charge is 0.338 e. The van der Waals surface area contributed by atoms with Gasteiger partial charge in [0.15, 0.2) is 0 Å². The molecule has 0 fully saturated rings. The summed E-state index contributed by atoms with van der Waals surface area (Å²) >= 11 is 0. The Balaban J connectivity index is 0.00000144. The molecule has 0 heterocycles. The fourth-order valence-electron chi connectivity index (χ4n) is 1.38. The summed E-state index contributed by atoms with van der Waals surface area (Å²) in [4.78, 5) is 11.6. The fourth-order valence-corrected chi connectivity index (χ4v) is 1.38. The van der Waals surface area contributed by atoms with Crippen molar-refractivity contribution >= 4 is 5.97 Å². The van der Waals surface area contributed by atoms with Crippen LogP contribution in [0.3, 0.4) is 0 Å². The Hall–Kier alpha value is -0.739. The first kappa shape index (κ1) is 14.3. The van der Waals surface area contributed by atoms with Gasteiger partial charge in [-0.3, -0.25) is 0 Å². The second kappa shape index (κ2) is 7.56. The third-order valence-electron chi connectivity index (χ3n) is 2.22. The van der Waals surface area contributed by atoms with E-state index in [0.29, 0.717) is 12.2 Å². The average Bonchev–Trinajstić information content (AvgIpc) is 2.38. The van der Waals surface area contributed by atoms with Crippen LogP contribution in [0.4, 0.5) is 0 Å². The van der Waals surface area contributed by atoms with Crippen molar-refractivity contribution in [2.24, 2.45) is 0 Å². The van der Waals surface area contributed by atoms with Crippen LogP contribution in [0.5, 0.6) is 0 Å². The number of rotatable bonds is 3. The Morgan fingerprint density at radius 3 is 2.00 bits per heavy atom. The maximum absolute atomic E-state index is 11.6. The molecule has 0 spiro atoms. The third-order valence-corrected chi connectivity index (χ3v) is 2.22. The zero-order chi connectivity index (χ0) is 11.2. The van der Waals surface area contributed by atoms with E-state index in [1.165, 1.54) is 0 Å². The van der Waals surface area contributed by atoms with E-state index in [-0.39, 0.29) is 46.8 Å². The van der Waals surface area contributed by atoms with Crippen molar-refractivity contribution in [2.45, 2.75) is 6.61 Å². The van der Waals surface area contributed by atoms with Gasteiger partial charge in [-0.25, -0.2) is 4.79 Å². The number of carbonyl (C=O) groups excluding carboxylic acids is 1. The van der Waals surface area contributed by atoms with Crippen molar-refractivity contribution in [2.75, 3.05) is 0 Å². The maximum Gasteiger partial charge on any atom is 0.338 e. The Bertz CT molecular complexity index is 454. The van der Waals surface area contributed by atoms with Gasteiger partial charge < -0.3 is 4.74 Å². The van der Waals surface area contributed by atoms with Crippen LogP contribution in [0, 0.1) is 40.8 Å². The third kappa shape index (κ3) is 4.56. The SMILES string of the molecule is O=C(OCc1ccccc1)c1ccccc1.[Nd]. The van der Waals surface area contributed by atoms with E-state index in [4.69, 9.17) is 4.74 Å². The molecule has 0 unspecified atom stereocenters. The predicted octanol–water partition coefficient (Wildman–Crippen LogP) is 3.04. The number of benzene rings is 2. The molecule has 0 amide bonds. The normalized spacial score (nSPS) is 9.18. The predicted molar refractivity (Wildman–Crippen MR) is 62.0 cm³/mol. The molecular formula is C14H12NdO2. The summed E-state index contributed by atoms with van der Waals surface area (Å²) in [6, 6.07) is 18.6. The van der Waals surface area contributed by atoms with Crippen molar-refractivity contribution in [3.8, 4) is 0 Å². The van der Waals surface area contributed by atoms with E-state index < -0.39 is 0 Å². The Morgan fingerprint density at radius 1 is 0.882 bits per heavy atom. The van der Waals surface area contributed by atoms with E-state index in [9.17, 15) is 4.79 Å². The summed E-state index contributed by atoms with van der Waals surface area (Å²) in [5, 5.41) is 0. The van der Waals surface area contributed by atoms with Gasteiger partial charge in [-0.1, -0.05) is 48.5 Å². The molecule has 0 N–H and O–H groups in total. The van der Waals surface area contributed by atoms with Crippen LogP contribution in [0.2, 0.25) is 0 Å². The molecule has 2 nitrogen and oxygen atoms in total. The largest absolute Gasteiger partial charge is 0.457 e. The van der Waals surface area contributed by atoms with E-state index in [2.05, 4.69) is 0 Å². The maximum atomic E-state index is 11.6. The molecular weight excluding hydrogens is 344 g/mol. The molecule has 0 aliphatic heterocycles. The molecule has 0 saturated heterocycles. The van der Waals surface area contributed by atoms with Crippen LogP contribution in [-0.4, -0.2) is 5.97 Å². The molecule has 3 heteroatoms. The van der Waals surface area contributed by atoms with Crippen molar-refractivity contribution in [1.82, 2.24) is 0 Å². The number of hydrogen-bond donors (Lipinski definition) is 0. The van der Waals surface area contributed by atoms with Crippen molar-refractivity contribution in [3.05, 3.63) is 71.8 Å². The van der Waals surface area contributed by atoms with Gasteiger partial charge in [-0.2, -0.15) is 0 Å². The summed E-state index contributed by atoms with van der Waals surface area (Å²) in [5.41, 5.74) is 1.57. The van der Waals surface area contributed by atoms with Gasteiger partial charge in [0.05, 0.1) is 5.56 Å². The minimum absolute atomic E-state index is 0. The first-order valence-electron chi connectivity index (χ1n) is 5.12. The minimum atomic E-state index is -0.288. The van der Waals surface area contributed by atoms with E-state index >= 15 is 0 Å². The Morgan fingerprint density at radius 2 is 1.41 bits per heavy atom. The van der Waals surface area contributed by atoms with Crippen LogP contribution in [0.15, 0.2) is 60.7 Å². The summed E-state index contributed by atoms with van der Waals surface area (Å²) < 4.78 is 5.18. The first-order valence-corrected chi connectivity index (χ1v) is 5.12. The van der Waals surface area contributed by atoms with Gasteiger partial charge in [0.25, 0.3) is 0 Å². The first-order chi connectivity index (χ1) is 7.86. The molecule has 0 saturated carbocycles. The van der Waals surface area contributed by atoms with Gasteiger partial charge in [-0.05, 0) is 17.7 Å². The van der Waals surface area contributed by atoms with Crippen LogP contribution in [0.25, 0.3) is 0 Å². The zero-order valence-electron chi connectivity index (χ0n) is 9.30. The fraction of sp³-hybridized carbons (Fsp3) is 0.0714. The van der Waals surface area contributed by atoms with Gasteiger partial charge in [0.1, 0.15) is 6.61 Å². The summed E-state index contributed by atoms with van der Waals surface area (Å²) in [6.07, 6.45) is 0. The van der Waals surface area contributed by atoms with Gasteiger partial charge in [-0.15, -0.1) is 0 Å². The average molecular weight is 356 g/mol. The van der Waals surface area contributed by atoms with Crippen LogP contribution < -0.4 is 0 Å². The van der Waals surface area contributed by atoms with Crippen molar-refractivity contribution < 1.29 is 50.4 Å². The van der Waals surface area contributed by atoms with Crippen LogP contribution in [-0.2, 0) is 11.3 Å². The molecule has 17 heavy (non-hydrogen) atoms. The second-order valence-electron chi connectivity index (χ2n) is 3.43. The summed E-state index contributed by atoms with van der Waals surface area (Å²) in [6.45, 7) is 0.314. The van der Waals surface area contributed by atoms with E-state index in [1.807, 2.05) is 48.5 Å². The molecule has 2 aromatic rings. The summed E-state index contributed by atoms with van der Waals surface area (Å²) in [5.74, 6) is -0.288. The monoisotopic (exact) mass is 354 g/mol. The van der Waals surface area contributed by atoms with Crippen LogP contribution in [0.1, 0.15) is 15.9 Å². The molecule has 0 atom stereocenters. The van der Waals surface area contributed by atoms with E-state index in [1.54, 1.807) is 12.1 Å². The van der Waals surface area contributed by atoms with Gasteiger partial charge in [0.2, 0.25) is 0 Å². The minimum Gasteiger partial charge on any atom is -0.457 e. The number of esters is 1. The molecule has 2 aromatic carbocycles. The number of hydrogen-bond acceptors (Lipinski definition) is 2.